The Labute approximate surface area is 119 Å². The van der Waals surface area contributed by atoms with Gasteiger partial charge in [0, 0.05) is 34.8 Å². The van der Waals surface area contributed by atoms with Crippen molar-refractivity contribution in [1.29, 1.82) is 0 Å². The van der Waals surface area contributed by atoms with Crippen LogP contribution in [0, 0.1) is 0 Å². The smallest absolute Gasteiger partial charge is 0.0481 e. The summed E-state index contributed by atoms with van der Waals surface area (Å²) in [5.74, 6) is 0. The van der Waals surface area contributed by atoms with Crippen molar-refractivity contribution >= 4 is 17.4 Å². The van der Waals surface area contributed by atoms with Gasteiger partial charge < -0.3 is 10.3 Å². The lowest BCUT2D eigenvalue weighted by molar-refractivity contribution is 0.886. The van der Waals surface area contributed by atoms with E-state index in [1.165, 1.54) is 41.8 Å². The summed E-state index contributed by atoms with van der Waals surface area (Å²) in [6, 6.07) is 10.8. The standard InChI is InChI=1S/C16H20N2S/c1-2-6-14(5-1)19-16-8-4-3-7-15(16)18-12-13-9-10-17-11-13/h3-4,7-11,14,17-18H,1-2,5-6,12H2. The Morgan fingerprint density at radius 1 is 1.16 bits per heavy atom. The number of rotatable bonds is 5. The highest BCUT2D eigenvalue weighted by Gasteiger charge is 2.17. The van der Waals surface area contributed by atoms with Crippen molar-refractivity contribution in [3.05, 3.63) is 48.3 Å². The summed E-state index contributed by atoms with van der Waals surface area (Å²) < 4.78 is 0. The van der Waals surface area contributed by atoms with Crippen molar-refractivity contribution in [2.45, 2.75) is 42.4 Å². The first-order valence-corrected chi connectivity index (χ1v) is 7.91. The highest BCUT2D eigenvalue weighted by Crippen LogP contribution is 2.38. The van der Waals surface area contributed by atoms with Crippen LogP contribution in [0.3, 0.4) is 0 Å². The first-order valence-electron chi connectivity index (χ1n) is 7.03. The molecule has 1 fully saturated rings. The summed E-state index contributed by atoms with van der Waals surface area (Å²) in [7, 11) is 0. The van der Waals surface area contributed by atoms with Gasteiger partial charge in [-0.05, 0) is 36.6 Å². The molecular weight excluding hydrogens is 252 g/mol. The lowest BCUT2D eigenvalue weighted by atomic mass is 10.3. The molecular formula is C16H20N2S. The van der Waals surface area contributed by atoms with Crippen molar-refractivity contribution in [2.75, 3.05) is 5.32 Å². The Morgan fingerprint density at radius 3 is 2.79 bits per heavy atom. The molecule has 2 N–H and O–H groups in total. The zero-order valence-corrected chi connectivity index (χ0v) is 11.9. The lowest BCUT2D eigenvalue weighted by Crippen LogP contribution is -2.01. The zero-order valence-electron chi connectivity index (χ0n) is 11.1. The molecule has 1 aromatic heterocycles. The summed E-state index contributed by atoms with van der Waals surface area (Å²) in [5, 5.41) is 4.36. The Bertz CT molecular complexity index is 501. The van der Waals surface area contributed by atoms with Gasteiger partial charge in [-0.2, -0.15) is 0 Å². The van der Waals surface area contributed by atoms with E-state index < -0.39 is 0 Å². The minimum absolute atomic E-state index is 0.815. The van der Waals surface area contributed by atoms with Gasteiger partial charge in [-0.15, -0.1) is 11.8 Å². The Hall–Kier alpha value is -1.35. The summed E-state index contributed by atoms with van der Waals surface area (Å²) in [6.45, 7) is 0.881. The predicted octanol–water partition coefficient (Wildman–Crippen LogP) is 4.66. The number of anilines is 1. The maximum atomic E-state index is 3.55. The summed E-state index contributed by atoms with van der Waals surface area (Å²) in [4.78, 5) is 4.49. The topological polar surface area (TPSA) is 27.8 Å². The molecule has 2 aromatic rings. The van der Waals surface area contributed by atoms with E-state index in [0.29, 0.717) is 0 Å². The molecule has 1 saturated carbocycles. The molecule has 1 aliphatic carbocycles. The van der Waals surface area contributed by atoms with E-state index in [4.69, 9.17) is 0 Å². The van der Waals surface area contributed by atoms with Gasteiger partial charge in [-0.1, -0.05) is 25.0 Å². The number of thioether (sulfide) groups is 1. The molecule has 19 heavy (non-hydrogen) atoms. The van der Waals surface area contributed by atoms with Crippen molar-refractivity contribution < 1.29 is 0 Å². The van der Waals surface area contributed by atoms with Crippen LogP contribution in [0.4, 0.5) is 5.69 Å². The highest BCUT2D eigenvalue weighted by molar-refractivity contribution is 8.00. The molecule has 0 amide bonds. The van der Waals surface area contributed by atoms with Crippen LogP contribution < -0.4 is 5.32 Å². The molecule has 100 valence electrons. The second-order valence-electron chi connectivity index (χ2n) is 5.09. The van der Waals surface area contributed by atoms with E-state index >= 15 is 0 Å². The first-order chi connectivity index (χ1) is 9.42. The quantitative estimate of drug-likeness (QED) is 0.828. The van der Waals surface area contributed by atoms with Crippen molar-refractivity contribution in [3.8, 4) is 0 Å². The molecule has 0 bridgehead atoms. The van der Waals surface area contributed by atoms with Crippen LogP contribution in [-0.2, 0) is 6.54 Å². The number of aromatic amines is 1. The van der Waals surface area contributed by atoms with Gasteiger partial charge in [-0.25, -0.2) is 0 Å². The molecule has 1 aromatic carbocycles. The van der Waals surface area contributed by atoms with E-state index in [-0.39, 0.29) is 0 Å². The lowest BCUT2D eigenvalue weighted by Gasteiger charge is -2.14. The van der Waals surface area contributed by atoms with Crippen LogP contribution in [-0.4, -0.2) is 10.2 Å². The number of aromatic nitrogens is 1. The third-order valence-electron chi connectivity index (χ3n) is 3.63. The van der Waals surface area contributed by atoms with E-state index in [1.807, 2.05) is 24.2 Å². The van der Waals surface area contributed by atoms with Gasteiger partial charge in [0.1, 0.15) is 0 Å². The highest BCUT2D eigenvalue weighted by atomic mass is 32.2. The van der Waals surface area contributed by atoms with Gasteiger partial charge >= 0.3 is 0 Å². The minimum atomic E-state index is 0.815. The molecule has 0 saturated heterocycles. The van der Waals surface area contributed by atoms with Gasteiger partial charge in [0.15, 0.2) is 0 Å². The van der Waals surface area contributed by atoms with Gasteiger partial charge in [0.2, 0.25) is 0 Å². The number of para-hydroxylation sites is 1. The molecule has 0 spiro atoms. The van der Waals surface area contributed by atoms with Crippen molar-refractivity contribution in [3.63, 3.8) is 0 Å². The summed E-state index contributed by atoms with van der Waals surface area (Å²) >= 11 is 2.04. The average molecular weight is 272 g/mol. The zero-order chi connectivity index (χ0) is 12.9. The SMILES string of the molecule is c1ccc(SC2CCCC2)c(NCc2cc[nH]c2)c1. The molecule has 0 atom stereocenters. The van der Waals surface area contributed by atoms with Gasteiger partial charge in [0.05, 0.1) is 0 Å². The largest absolute Gasteiger partial charge is 0.380 e. The molecule has 1 heterocycles. The van der Waals surface area contributed by atoms with E-state index in [0.717, 1.165) is 11.8 Å². The van der Waals surface area contributed by atoms with Crippen LogP contribution in [0.1, 0.15) is 31.2 Å². The number of benzene rings is 1. The number of hydrogen-bond donors (Lipinski definition) is 2. The fraction of sp³-hybridized carbons (Fsp3) is 0.375. The maximum Gasteiger partial charge on any atom is 0.0481 e. The van der Waals surface area contributed by atoms with E-state index in [9.17, 15) is 0 Å². The van der Waals surface area contributed by atoms with Crippen LogP contribution in [0.15, 0.2) is 47.6 Å². The van der Waals surface area contributed by atoms with Crippen LogP contribution in [0.2, 0.25) is 0 Å². The van der Waals surface area contributed by atoms with Gasteiger partial charge in [0.25, 0.3) is 0 Å². The first kappa shape index (κ1) is 12.7. The monoisotopic (exact) mass is 272 g/mol. The molecule has 1 aliphatic rings. The number of nitrogens with one attached hydrogen (secondary N) is 2. The Morgan fingerprint density at radius 2 is 2.00 bits per heavy atom. The van der Waals surface area contributed by atoms with Crippen molar-refractivity contribution in [2.24, 2.45) is 0 Å². The van der Waals surface area contributed by atoms with E-state index in [1.54, 1.807) is 0 Å². The molecule has 3 heteroatoms. The fourth-order valence-corrected chi connectivity index (χ4v) is 3.92. The molecule has 0 radical (unpaired) electrons. The fourth-order valence-electron chi connectivity index (χ4n) is 2.57. The van der Waals surface area contributed by atoms with Crippen LogP contribution in [0.25, 0.3) is 0 Å². The normalized spacial score (nSPS) is 15.8. The molecule has 0 unspecified atom stereocenters. The van der Waals surface area contributed by atoms with Gasteiger partial charge in [-0.3, -0.25) is 0 Å². The number of H-pyrrole nitrogens is 1. The Balaban J connectivity index is 1.66. The minimum Gasteiger partial charge on any atom is -0.380 e. The van der Waals surface area contributed by atoms with Crippen LogP contribution in [0.5, 0.6) is 0 Å². The predicted molar refractivity (Wildman–Crippen MR) is 82.7 cm³/mol. The second kappa shape index (κ2) is 6.20. The molecule has 2 nitrogen and oxygen atoms in total. The summed E-state index contributed by atoms with van der Waals surface area (Å²) in [6.07, 6.45) is 9.55. The third kappa shape index (κ3) is 3.35. The second-order valence-corrected chi connectivity index (χ2v) is 6.44. The Kier molecular flexibility index (Phi) is 4.13. The molecule has 3 rings (SSSR count). The summed E-state index contributed by atoms with van der Waals surface area (Å²) in [5.41, 5.74) is 2.56. The van der Waals surface area contributed by atoms with E-state index in [2.05, 4.69) is 40.6 Å². The third-order valence-corrected chi connectivity index (χ3v) is 5.04. The molecule has 0 aliphatic heterocycles. The average Bonchev–Trinajstić information content (AvgIpc) is 3.10. The number of hydrogen-bond acceptors (Lipinski definition) is 2. The van der Waals surface area contributed by atoms with Crippen LogP contribution >= 0.6 is 11.8 Å². The maximum absolute atomic E-state index is 3.55. The van der Waals surface area contributed by atoms with Crippen molar-refractivity contribution in [1.82, 2.24) is 4.98 Å².